The average Bonchev–Trinajstić information content (AvgIpc) is 2.51. The van der Waals surface area contributed by atoms with Crippen molar-refractivity contribution in [3.05, 3.63) is 47.8 Å². The molecule has 0 saturated carbocycles. The first-order valence-corrected chi connectivity index (χ1v) is 7.35. The fraction of sp³-hybridized carbons (Fsp3) is 0.438. The number of nitrogens with one attached hydrogen (secondary N) is 1. The van der Waals surface area contributed by atoms with Crippen LogP contribution in [0.15, 0.2) is 30.7 Å². The quantitative estimate of drug-likeness (QED) is 0.848. The van der Waals surface area contributed by atoms with E-state index in [0.29, 0.717) is 6.61 Å². The molecular formula is C16H22N4O. The number of hydrogen-bond donors (Lipinski definition) is 1. The predicted molar refractivity (Wildman–Crippen MR) is 82.3 cm³/mol. The van der Waals surface area contributed by atoms with Gasteiger partial charge in [0.25, 0.3) is 0 Å². The van der Waals surface area contributed by atoms with Crippen molar-refractivity contribution in [1.29, 1.82) is 0 Å². The van der Waals surface area contributed by atoms with E-state index in [1.807, 2.05) is 25.3 Å². The predicted octanol–water partition coefficient (Wildman–Crippen LogP) is 2.67. The zero-order valence-electron chi connectivity index (χ0n) is 12.8. The molecule has 2 aromatic heterocycles. The topological polar surface area (TPSA) is 59.9 Å². The summed E-state index contributed by atoms with van der Waals surface area (Å²) in [7, 11) is 0. The molecule has 0 aliphatic heterocycles. The van der Waals surface area contributed by atoms with E-state index in [9.17, 15) is 0 Å². The lowest BCUT2D eigenvalue weighted by Crippen LogP contribution is -2.23. The Labute approximate surface area is 125 Å². The second-order valence-electron chi connectivity index (χ2n) is 4.82. The first kappa shape index (κ1) is 15.4. The molecule has 0 fully saturated rings. The number of ether oxygens (including phenoxy) is 1. The van der Waals surface area contributed by atoms with Gasteiger partial charge in [0.2, 0.25) is 0 Å². The van der Waals surface area contributed by atoms with Gasteiger partial charge < -0.3 is 10.1 Å². The van der Waals surface area contributed by atoms with Gasteiger partial charge in [0.05, 0.1) is 24.5 Å². The zero-order valence-corrected chi connectivity index (χ0v) is 12.8. The van der Waals surface area contributed by atoms with Crippen molar-refractivity contribution in [3.63, 3.8) is 0 Å². The molecule has 5 nitrogen and oxygen atoms in total. The maximum atomic E-state index is 5.66. The van der Waals surface area contributed by atoms with Crippen LogP contribution in [0.3, 0.4) is 0 Å². The summed E-state index contributed by atoms with van der Waals surface area (Å²) in [5.74, 6) is 1.56. The lowest BCUT2D eigenvalue weighted by molar-refractivity contribution is 0.315. The molecule has 1 N–H and O–H groups in total. The second kappa shape index (κ2) is 7.69. The van der Waals surface area contributed by atoms with Gasteiger partial charge in [-0.05, 0) is 37.6 Å². The van der Waals surface area contributed by atoms with E-state index in [0.717, 1.165) is 35.8 Å². The molecule has 21 heavy (non-hydrogen) atoms. The summed E-state index contributed by atoms with van der Waals surface area (Å²) in [6, 6.07) is 3.95. The van der Waals surface area contributed by atoms with Crippen LogP contribution in [0.5, 0.6) is 5.75 Å². The smallest absolute Gasteiger partial charge is 0.137 e. The molecule has 2 heterocycles. The largest absolute Gasteiger partial charge is 0.492 e. The van der Waals surface area contributed by atoms with Crippen LogP contribution in [-0.2, 0) is 0 Å². The van der Waals surface area contributed by atoms with Gasteiger partial charge in [0.15, 0.2) is 0 Å². The first-order chi connectivity index (χ1) is 10.2. The summed E-state index contributed by atoms with van der Waals surface area (Å²) in [4.78, 5) is 13.0. The lowest BCUT2D eigenvalue weighted by Gasteiger charge is -2.18. The highest BCUT2D eigenvalue weighted by molar-refractivity contribution is 5.31. The van der Waals surface area contributed by atoms with Crippen molar-refractivity contribution in [3.8, 4) is 5.75 Å². The van der Waals surface area contributed by atoms with Crippen LogP contribution >= 0.6 is 0 Å². The number of aromatic nitrogens is 3. The van der Waals surface area contributed by atoms with Crippen LogP contribution in [0.25, 0.3) is 0 Å². The molecule has 0 radical (unpaired) electrons. The molecule has 0 aliphatic rings. The number of rotatable bonds is 7. The molecule has 5 heteroatoms. The molecule has 0 aromatic carbocycles. The van der Waals surface area contributed by atoms with E-state index in [2.05, 4.69) is 34.1 Å². The van der Waals surface area contributed by atoms with Gasteiger partial charge in [-0.15, -0.1) is 0 Å². The van der Waals surface area contributed by atoms with Gasteiger partial charge in [0, 0.05) is 12.4 Å². The van der Waals surface area contributed by atoms with Crippen molar-refractivity contribution >= 4 is 0 Å². The highest BCUT2D eigenvalue weighted by Gasteiger charge is 2.16. The second-order valence-corrected chi connectivity index (χ2v) is 4.82. The van der Waals surface area contributed by atoms with Gasteiger partial charge in [-0.3, -0.25) is 4.98 Å². The normalized spacial score (nSPS) is 12.1. The zero-order chi connectivity index (χ0) is 15.1. The molecule has 0 bridgehead atoms. The minimum Gasteiger partial charge on any atom is -0.492 e. The third kappa shape index (κ3) is 4.23. The summed E-state index contributed by atoms with van der Waals surface area (Å²) < 4.78 is 5.66. The third-order valence-corrected chi connectivity index (χ3v) is 3.04. The molecule has 0 saturated heterocycles. The van der Waals surface area contributed by atoms with Gasteiger partial charge in [-0.1, -0.05) is 13.8 Å². The Morgan fingerprint density at radius 3 is 2.86 bits per heavy atom. The molecule has 1 atom stereocenters. The maximum absolute atomic E-state index is 5.66. The molecule has 112 valence electrons. The fourth-order valence-corrected chi connectivity index (χ4v) is 2.12. The Bertz CT molecular complexity index is 574. The fourth-order valence-electron chi connectivity index (χ4n) is 2.12. The summed E-state index contributed by atoms with van der Waals surface area (Å²) >= 11 is 0. The molecule has 1 unspecified atom stereocenters. The van der Waals surface area contributed by atoms with E-state index in [1.54, 1.807) is 12.4 Å². The highest BCUT2D eigenvalue weighted by atomic mass is 16.5. The number of pyridine rings is 1. The summed E-state index contributed by atoms with van der Waals surface area (Å²) in [6.07, 6.45) is 6.36. The van der Waals surface area contributed by atoms with Gasteiger partial charge in [-0.25, -0.2) is 9.97 Å². The lowest BCUT2D eigenvalue weighted by atomic mass is 10.1. The number of nitrogens with zero attached hydrogens (tertiary/aromatic N) is 3. The van der Waals surface area contributed by atoms with E-state index in [-0.39, 0.29) is 6.04 Å². The van der Waals surface area contributed by atoms with E-state index in [1.165, 1.54) is 0 Å². The summed E-state index contributed by atoms with van der Waals surface area (Å²) in [6.45, 7) is 7.59. The van der Waals surface area contributed by atoms with Crippen molar-refractivity contribution in [2.45, 2.75) is 33.2 Å². The van der Waals surface area contributed by atoms with E-state index < -0.39 is 0 Å². The van der Waals surface area contributed by atoms with Crippen LogP contribution in [0.2, 0.25) is 0 Å². The molecule has 0 aliphatic carbocycles. The SMILES string of the molecule is CCCOc1cncc(C(NCC)c2ccnc(C)n2)c1. The van der Waals surface area contributed by atoms with Crippen molar-refractivity contribution in [2.24, 2.45) is 0 Å². The Morgan fingerprint density at radius 2 is 2.14 bits per heavy atom. The summed E-state index contributed by atoms with van der Waals surface area (Å²) in [5.41, 5.74) is 1.99. The third-order valence-electron chi connectivity index (χ3n) is 3.04. The van der Waals surface area contributed by atoms with Crippen molar-refractivity contribution in [2.75, 3.05) is 13.2 Å². The van der Waals surface area contributed by atoms with Gasteiger partial charge in [0.1, 0.15) is 11.6 Å². The Balaban J connectivity index is 2.29. The average molecular weight is 286 g/mol. The van der Waals surface area contributed by atoms with E-state index in [4.69, 9.17) is 4.74 Å². The molecule has 0 spiro atoms. The van der Waals surface area contributed by atoms with Crippen LogP contribution in [0.1, 0.15) is 43.4 Å². The molecule has 2 aromatic rings. The van der Waals surface area contributed by atoms with Gasteiger partial charge in [-0.2, -0.15) is 0 Å². The van der Waals surface area contributed by atoms with Crippen molar-refractivity contribution < 1.29 is 4.74 Å². The highest BCUT2D eigenvalue weighted by Crippen LogP contribution is 2.23. The Morgan fingerprint density at radius 1 is 1.29 bits per heavy atom. The monoisotopic (exact) mass is 286 g/mol. The number of aryl methyl sites for hydroxylation is 1. The minimum absolute atomic E-state index is 0.00521. The van der Waals surface area contributed by atoms with Crippen LogP contribution in [0.4, 0.5) is 0 Å². The Kier molecular flexibility index (Phi) is 5.63. The maximum Gasteiger partial charge on any atom is 0.137 e. The van der Waals surface area contributed by atoms with Gasteiger partial charge >= 0.3 is 0 Å². The van der Waals surface area contributed by atoms with Crippen LogP contribution < -0.4 is 10.1 Å². The molecule has 2 rings (SSSR count). The summed E-state index contributed by atoms with van der Waals surface area (Å²) in [5, 5.41) is 3.44. The Hall–Kier alpha value is -2.01. The minimum atomic E-state index is -0.00521. The number of hydrogen-bond acceptors (Lipinski definition) is 5. The first-order valence-electron chi connectivity index (χ1n) is 7.35. The molecule has 0 amide bonds. The van der Waals surface area contributed by atoms with E-state index >= 15 is 0 Å². The van der Waals surface area contributed by atoms with Crippen molar-refractivity contribution in [1.82, 2.24) is 20.3 Å². The van der Waals surface area contributed by atoms with Crippen LogP contribution in [-0.4, -0.2) is 28.1 Å². The standard InChI is InChI=1S/C16H22N4O/c1-4-8-21-14-9-13(10-17-11-14)16(18-5-2)15-6-7-19-12(3)20-15/h6-7,9-11,16,18H,4-5,8H2,1-3H3. The molecular weight excluding hydrogens is 264 g/mol. The van der Waals surface area contributed by atoms with Crippen LogP contribution in [0, 0.1) is 6.92 Å².